The summed E-state index contributed by atoms with van der Waals surface area (Å²) in [4.78, 5) is 38.3. The lowest BCUT2D eigenvalue weighted by Crippen LogP contribution is -2.54. The third-order valence-corrected chi connectivity index (χ3v) is 6.06. The van der Waals surface area contributed by atoms with Crippen LogP contribution in [0.3, 0.4) is 0 Å². The third kappa shape index (κ3) is 5.35. The van der Waals surface area contributed by atoms with E-state index in [0.717, 1.165) is 22.3 Å². The Hall–Kier alpha value is -3.35. The number of aliphatic carboxylic acids is 1. The van der Waals surface area contributed by atoms with Gasteiger partial charge in [0.15, 0.2) is 0 Å². The Kier molecular flexibility index (Phi) is 7.10. The van der Waals surface area contributed by atoms with Crippen molar-refractivity contribution in [2.45, 2.75) is 39.7 Å². The van der Waals surface area contributed by atoms with E-state index in [1.807, 2.05) is 57.2 Å². The van der Waals surface area contributed by atoms with E-state index in [0.29, 0.717) is 0 Å². The van der Waals surface area contributed by atoms with Crippen LogP contribution in [0.1, 0.15) is 44.7 Å². The second-order valence-electron chi connectivity index (χ2n) is 9.73. The first kappa shape index (κ1) is 24.3. The zero-order valence-corrected chi connectivity index (χ0v) is 19.8. The highest BCUT2D eigenvalue weighted by atomic mass is 16.5. The van der Waals surface area contributed by atoms with Crippen molar-refractivity contribution in [3.05, 3.63) is 59.7 Å². The van der Waals surface area contributed by atoms with Crippen LogP contribution in [0.4, 0.5) is 4.79 Å². The topological polar surface area (TPSA) is 95.9 Å². The van der Waals surface area contributed by atoms with Gasteiger partial charge in [-0.2, -0.15) is 0 Å². The summed E-state index contributed by atoms with van der Waals surface area (Å²) in [5.41, 5.74) is 3.90. The summed E-state index contributed by atoms with van der Waals surface area (Å²) in [6.45, 7) is 7.26. The molecule has 2 amide bonds. The van der Waals surface area contributed by atoms with E-state index in [1.54, 1.807) is 7.05 Å². The molecule has 1 aliphatic rings. The number of nitrogens with zero attached hydrogens (tertiary/aromatic N) is 1. The number of benzene rings is 2. The number of carboxylic acids is 1. The predicted octanol–water partition coefficient (Wildman–Crippen LogP) is 4.12. The van der Waals surface area contributed by atoms with Crippen molar-refractivity contribution in [1.82, 2.24) is 10.2 Å². The molecule has 7 heteroatoms. The fourth-order valence-corrected chi connectivity index (χ4v) is 4.21. The van der Waals surface area contributed by atoms with E-state index >= 15 is 0 Å². The summed E-state index contributed by atoms with van der Waals surface area (Å²) in [7, 11) is 1.54. The number of carbonyl (C=O) groups is 3. The Bertz CT molecular complexity index is 997. The van der Waals surface area contributed by atoms with E-state index in [-0.39, 0.29) is 25.0 Å². The number of hydrogen-bond acceptors (Lipinski definition) is 4. The van der Waals surface area contributed by atoms with Gasteiger partial charge in [0.1, 0.15) is 12.6 Å². The third-order valence-electron chi connectivity index (χ3n) is 6.06. The average molecular weight is 453 g/mol. The number of carbonyl (C=O) groups excluding carboxylic acids is 2. The van der Waals surface area contributed by atoms with Crippen LogP contribution in [0.2, 0.25) is 0 Å². The van der Waals surface area contributed by atoms with Gasteiger partial charge in [0.05, 0.1) is 5.92 Å². The summed E-state index contributed by atoms with van der Waals surface area (Å²) < 4.78 is 5.60. The van der Waals surface area contributed by atoms with Crippen LogP contribution < -0.4 is 5.32 Å². The molecule has 0 saturated carbocycles. The Labute approximate surface area is 194 Å². The number of hydrogen-bond donors (Lipinski definition) is 2. The number of carboxylic acid groups (broad SMARTS) is 1. The first-order chi connectivity index (χ1) is 15.5. The van der Waals surface area contributed by atoms with E-state index < -0.39 is 29.4 Å². The monoisotopic (exact) mass is 452 g/mol. The zero-order valence-electron chi connectivity index (χ0n) is 19.8. The number of amides is 2. The minimum absolute atomic E-state index is 0.0487. The molecule has 0 aliphatic heterocycles. The molecule has 176 valence electrons. The molecule has 0 heterocycles. The average Bonchev–Trinajstić information content (AvgIpc) is 3.08. The van der Waals surface area contributed by atoms with Crippen molar-refractivity contribution >= 4 is 18.0 Å². The van der Waals surface area contributed by atoms with Crippen molar-refractivity contribution in [2.75, 3.05) is 20.2 Å². The second kappa shape index (κ2) is 9.65. The van der Waals surface area contributed by atoms with Gasteiger partial charge in [-0.1, -0.05) is 76.2 Å². The van der Waals surface area contributed by atoms with Crippen LogP contribution in [-0.2, 0) is 14.3 Å². The molecule has 2 atom stereocenters. The predicted molar refractivity (Wildman–Crippen MR) is 126 cm³/mol. The summed E-state index contributed by atoms with van der Waals surface area (Å²) in [6, 6.07) is 15.3. The van der Waals surface area contributed by atoms with Crippen LogP contribution in [-0.4, -0.2) is 54.2 Å². The van der Waals surface area contributed by atoms with Gasteiger partial charge in [-0.05, 0) is 27.7 Å². The molecule has 0 saturated heterocycles. The normalized spacial score (nSPS) is 14.6. The summed E-state index contributed by atoms with van der Waals surface area (Å²) >= 11 is 0. The van der Waals surface area contributed by atoms with Gasteiger partial charge in [-0.25, -0.2) is 4.79 Å². The van der Waals surface area contributed by atoms with E-state index in [9.17, 15) is 14.4 Å². The molecule has 3 rings (SSSR count). The lowest BCUT2D eigenvalue weighted by molar-refractivity contribution is -0.143. The molecular weight excluding hydrogens is 420 g/mol. The summed E-state index contributed by atoms with van der Waals surface area (Å²) in [5.74, 6) is -2.13. The number of likely N-dealkylation sites (N-methyl/N-ethyl adjacent to an activating group) is 1. The summed E-state index contributed by atoms with van der Waals surface area (Å²) in [6.07, 6.45) is -0.676. The number of rotatable bonds is 7. The second-order valence-corrected chi connectivity index (χ2v) is 9.73. The molecule has 0 spiro atoms. The number of fused-ring (bicyclic) bond motifs is 3. The molecule has 2 unspecified atom stereocenters. The van der Waals surface area contributed by atoms with Gasteiger partial charge in [0.25, 0.3) is 0 Å². The molecular formula is C26H32N2O5. The maximum Gasteiger partial charge on any atom is 0.407 e. The molecule has 33 heavy (non-hydrogen) atoms. The van der Waals surface area contributed by atoms with Crippen LogP contribution in [0.25, 0.3) is 11.1 Å². The van der Waals surface area contributed by atoms with E-state index in [1.165, 1.54) is 11.8 Å². The Morgan fingerprint density at radius 2 is 1.55 bits per heavy atom. The molecule has 7 nitrogen and oxygen atoms in total. The Morgan fingerprint density at radius 1 is 1.03 bits per heavy atom. The van der Waals surface area contributed by atoms with Gasteiger partial charge in [0.2, 0.25) is 5.91 Å². The molecule has 2 N–H and O–H groups in total. The highest BCUT2D eigenvalue weighted by Gasteiger charge is 2.36. The van der Waals surface area contributed by atoms with Crippen molar-refractivity contribution in [1.29, 1.82) is 0 Å². The van der Waals surface area contributed by atoms with Crippen LogP contribution in [0.5, 0.6) is 0 Å². The zero-order chi connectivity index (χ0) is 24.3. The van der Waals surface area contributed by atoms with Gasteiger partial charge < -0.3 is 20.1 Å². The smallest absolute Gasteiger partial charge is 0.407 e. The molecule has 2 aromatic rings. The van der Waals surface area contributed by atoms with Crippen molar-refractivity contribution in [2.24, 2.45) is 11.3 Å². The molecule has 2 aromatic carbocycles. The van der Waals surface area contributed by atoms with Crippen LogP contribution in [0.15, 0.2) is 48.5 Å². The van der Waals surface area contributed by atoms with Crippen molar-refractivity contribution < 1.29 is 24.2 Å². The minimum Gasteiger partial charge on any atom is -0.481 e. The van der Waals surface area contributed by atoms with Gasteiger partial charge in [-0.3, -0.25) is 9.59 Å². The first-order valence-corrected chi connectivity index (χ1v) is 11.1. The van der Waals surface area contributed by atoms with Crippen molar-refractivity contribution in [3.8, 4) is 11.1 Å². The fourth-order valence-electron chi connectivity index (χ4n) is 4.21. The summed E-state index contributed by atoms with van der Waals surface area (Å²) in [5, 5.41) is 11.9. The quantitative estimate of drug-likeness (QED) is 0.659. The molecule has 0 bridgehead atoms. The Morgan fingerprint density at radius 3 is 2.03 bits per heavy atom. The maximum atomic E-state index is 13.0. The highest BCUT2D eigenvalue weighted by molar-refractivity contribution is 5.87. The Balaban J connectivity index is 1.69. The number of nitrogens with one attached hydrogen (secondary N) is 1. The van der Waals surface area contributed by atoms with Crippen LogP contribution in [0, 0.1) is 11.3 Å². The highest BCUT2D eigenvalue weighted by Crippen LogP contribution is 2.44. The van der Waals surface area contributed by atoms with Gasteiger partial charge in [-0.15, -0.1) is 0 Å². The first-order valence-electron chi connectivity index (χ1n) is 11.1. The lowest BCUT2D eigenvalue weighted by atomic mass is 9.86. The maximum absolute atomic E-state index is 13.0. The molecule has 1 aliphatic carbocycles. The van der Waals surface area contributed by atoms with Gasteiger partial charge >= 0.3 is 12.1 Å². The standard InChI is InChI=1S/C26H32N2O5/c1-16(24(30)31)14-28(5)23(29)22(26(2,3)4)27-25(32)33-15-21-19-12-8-6-10-17(19)18-11-7-9-13-20(18)21/h6-13,16,21-22H,14-15H2,1-5H3,(H,27,32)(H,30,31). The number of ether oxygens (including phenoxy) is 1. The minimum atomic E-state index is -0.980. The molecule has 0 fully saturated rings. The lowest BCUT2D eigenvalue weighted by Gasteiger charge is -2.33. The molecule has 0 aromatic heterocycles. The van der Waals surface area contributed by atoms with E-state index in [4.69, 9.17) is 9.84 Å². The molecule has 0 radical (unpaired) electrons. The van der Waals surface area contributed by atoms with Crippen LogP contribution >= 0.6 is 0 Å². The van der Waals surface area contributed by atoms with Gasteiger partial charge in [0, 0.05) is 19.5 Å². The SMILES string of the molecule is CC(CN(C)C(=O)C(NC(=O)OCC1c2ccccc2-c2ccccc21)C(C)(C)C)C(=O)O. The fraction of sp³-hybridized carbons (Fsp3) is 0.423. The van der Waals surface area contributed by atoms with E-state index in [2.05, 4.69) is 17.4 Å². The van der Waals surface area contributed by atoms with Crippen molar-refractivity contribution in [3.63, 3.8) is 0 Å². The largest absolute Gasteiger partial charge is 0.481 e. The number of alkyl carbamates (subject to hydrolysis) is 1.